The predicted octanol–water partition coefficient (Wildman–Crippen LogP) is 2.57. The second-order valence-corrected chi connectivity index (χ2v) is 5.65. The zero-order chi connectivity index (χ0) is 14.3. The molecule has 2 N–H and O–H groups in total. The molecular weight excluding hydrogens is 236 g/mol. The summed E-state index contributed by atoms with van der Waals surface area (Å²) in [7, 11) is 2.10. The molecule has 19 heavy (non-hydrogen) atoms. The Morgan fingerprint density at radius 1 is 1.26 bits per heavy atom. The van der Waals surface area contributed by atoms with Crippen molar-refractivity contribution in [1.29, 1.82) is 0 Å². The molecule has 0 amide bonds. The number of nitrogens with one attached hydrogen (secondary N) is 1. The van der Waals surface area contributed by atoms with Crippen molar-refractivity contribution in [1.82, 2.24) is 5.32 Å². The van der Waals surface area contributed by atoms with Crippen LogP contribution >= 0.6 is 0 Å². The molecule has 0 radical (unpaired) electrons. The van der Waals surface area contributed by atoms with E-state index in [0.29, 0.717) is 0 Å². The molecule has 0 aromatic heterocycles. The zero-order valence-corrected chi connectivity index (χ0v) is 12.7. The van der Waals surface area contributed by atoms with Gasteiger partial charge in [-0.1, -0.05) is 24.6 Å². The summed E-state index contributed by atoms with van der Waals surface area (Å²) in [5, 5.41) is 13.0. The van der Waals surface area contributed by atoms with E-state index < -0.39 is 0 Å². The predicted molar refractivity (Wildman–Crippen MR) is 82.9 cm³/mol. The van der Waals surface area contributed by atoms with E-state index in [2.05, 4.69) is 62.3 Å². The Morgan fingerprint density at radius 2 is 1.89 bits per heavy atom. The van der Waals surface area contributed by atoms with Crippen molar-refractivity contribution in [2.45, 2.75) is 39.2 Å². The van der Waals surface area contributed by atoms with Crippen LogP contribution in [0.2, 0.25) is 0 Å². The summed E-state index contributed by atoms with van der Waals surface area (Å²) in [6, 6.07) is 8.55. The summed E-state index contributed by atoms with van der Waals surface area (Å²) in [4.78, 5) is 2.24. The standard InChI is InChI=1S/C16H28N2O/c1-5-11-17-16(3,13-19)10-12-18(4)15-8-6-14(2)7-9-15/h6-9,17,19H,5,10-13H2,1-4H3. The molecule has 0 bridgehead atoms. The fraction of sp³-hybridized carbons (Fsp3) is 0.625. The Balaban J connectivity index is 2.52. The van der Waals surface area contributed by atoms with E-state index in [0.717, 1.165) is 25.9 Å². The third-order valence-electron chi connectivity index (χ3n) is 3.62. The molecular formula is C16H28N2O. The van der Waals surface area contributed by atoms with Crippen LogP contribution in [0.1, 0.15) is 32.3 Å². The van der Waals surface area contributed by atoms with Crippen LogP contribution in [0.25, 0.3) is 0 Å². The molecule has 0 aliphatic carbocycles. The van der Waals surface area contributed by atoms with Crippen molar-refractivity contribution in [3.05, 3.63) is 29.8 Å². The number of aliphatic hydroxyl groups is 1. The largest absolute Gasteiger partial charge is 0.394 e. The van der Waals surface area contributed by atoms with Crippen LogP contribution in [-0.2, 0) is 0 Å². The average molecular weight is 264 g/mol. The van der Waals surface area contributed by atoms with E-state index >= 15 is 0 Å². The molecule has 0 heterocycles. The molecule has 0 saturated carbocycles. The first kappa shape index (κ1) is 16.0. The summed E-state index contributed by atoms with van der Waals surface area (Å²) >= 11 is 0. The van der Waals surface area contributed by atoms with Crippen molar-refractivity contribution in [2.75, 3.05) is 31.6 Å². The van der Waals surface area contributed by atoms with Gasteiger partial charge in [-0.05, 0) is 45.4 Å². The van der Waals surface area contributed by atoms with Gasteiger partial charge in [0.2, 0.25) is 0 Å². The van der Waals surface area contributed by atoms with Crippen molar-refractivity contribution in [3.8, 4) is 0 Å². The Labute approximate surface area is 117 Å². The molecule has 1 rings (SSSR count). The van der Waals surface area contributed by atoms with Gasteiger partial charge in [0, 0.05) is 24.8 Å². The summed E-state index contributed by atoms with van der Waals surface area (Å²) in [5.74, 6) is 0. The number of benzene rings is 1. The number of anilines is 1. The van der Waals surface area contributed by atoms with Crippen LogP contribution in [0.3, 0.4) is 0 Å². The quantitative estimate of drug-likeness (QED) is 0.757. The average Bonchev–Trinajstić information content (AvgIpc) is 2.43. The lowest BCUT2D eigenvalue weighted by Gasteiger charge is -2.31. The molecule has 108 valence electrons. The molecule has 0 aliphatic rings. The number of aliphatic hydroxyl groups excluding tert-OH is 1. The van der Waals surface area contributed by atoms with Gasteiger partial charge in [0.25, 0.3) is 0 Å². The maximum Gasteiger partial charge on any atom is 0.0611 e. The molecule has 1 aromatic carbocycles. The van der Waals surface area contributed by atoms with Crippen molar-refractivity contribution in [3.63, 3.8) is 0 Å². The highest BCUT2D eigenvalue weighted by Gasteiger charge is 2.22. The molecule has 3 nitrogen and oxygen atoms in total. The van der Waals surface area contributed by atoms with Crippen LogP contribution in [0.4, 0.5) is 5.69 Å². The minimum absolute atomic E-state index is 0.175. The maximum absolute atomic E-state index is 9.55. The summed E-state index contributed by atoms with van der Waals surface area (Å²) < 4.78 is 0. The van der Waals surface area contributed by atoms with Gasteiger partial charge in [0.05, 0.1) is 6.61 Å². The third-order valence-corrected chi connectivity index (χ3v) is 3.62. The second kappa shape index (κ2) is 7.51. The van der Waals surface area contributed by atoms with Gasteiger partial charge in [-0.2, -0.15) is 0 Å². The van der Waals surface area contributed by atoms with Gasteiger partial charge < -0.3 is 15.3 Å². The van der Waals surface area contributed by atoms with Crippen LogP contribution in [0, 0.1) is 6.92 Å². The molecule has 1 atom stereocenters. The van der Waals surface area contributed by atoms with E-state index in [1.165, 1.54) is 11.3 Å². The lowest BCUT2D eigenvalue weighted by atomic mass is 9.98. The summed E-state index contributed by atoms with van der Waals surface area (Å²) in [5.41, 5.74) is 2.32. The SMILES string of the molecule is CCCNC(C)(CO)CCN(C)c1ccc(C)cc1. The highest BCUT2D eigenvalue weighted by molar-refractivity contribution is 5.46. The summed E-state index contributed by atoms with van der Waals surface area (Å²) in [6.07, 6.45) is 2.01. The first-order valence-electron chi connectivity index (χ1n) is 7.14. The van der Waals surface area contributed by atoms with Gasteiger partial charge in [0.1, 0.15) is 0 Å². The molecule has 0 saturated heterocycles. The van der Waals surface area contributed by atoms with Gasteiger partial charge >= 0.3 is 0 Å². The Bertz CT molecular complexity index is 364. The van der Waals surface area contributed by atoms with E-state index in [1.807, 2.05) is 0 Å². The van der Waals surface area contributed by atoms with Gasteiger partial charge in [-0.15, -0.1) is 0 Å². The fourth-order valence-electron chi connectivity index (χ4n) is 1.99. The number of hydrogen-bond acceptors (Lipinski definition) is 3. The van der Waals surface area contributed by atoms with E-state index in [4.69, 9.17) is 0 Å². The van der Waals surface area contributed by atoms with Crippen LogP contribution in [0.5, 0.6) is 0 Å². The topological polar surface area (TPSA) is 35.5 Å². The Morgan fingerprint density at radius 3 is 2.42 bits per heavy atom. The first-order chi connectivity index (χ1) is 9.00. The van der Waals surface area contributed by atoms with Crippen LogP contribution in [-0.4, -0.2) is 37.4 Å². The molecule has 0 aliphatic heterocycles. The van der Waals surface area contributed by atoms with Gasteiger partial charge in [0.15, 0.2) is 0 Å². The van der Waals surface area contributed by atoms with Crippen molar-refractivity contribution < 1.29 is 5.11 Å². The molecule has 0 fully saturated rings. The number of rotatable bonds is 8. The fourth-order valence-corrected chi connectivity index (χ4v) is 1.99. The number of hydrogen-bond donors (Lipinski definition) is 2. The molecule has 0 spiro atoms. The highest BCUT2D eigenvalue weighted by atomic mass is 16.3. The number of aryl methyl sites for hydroxylation is 1. The lowest BCUT2D eigenvalue weighted by Crippen LogP contribution is -2.48. The van der Waals surface area contributed by atoms with E-state index in [9.17, 15) is 5.11 Å². The second-order valence-electron chi connectivity index (χ2n) is 5.65. The van der Waals surface area contributed by atoms with Crippen LogP contribution in [0.15, 0.2) is 24.3 Å². The monoisotopic (exact) mass is 264 g/mol. The van der Waals surface area contributed by atoms with E-state index in [1.54, 1.807) is 0 Å². The maximum atomic E-state index is 9.55. The Hall–Kier alpha value is -1.06. The van der Waals surface area contributed by atoms with Crippen molar-refractivity contribution >= 4 is 5.69 Å². The van der Waals surface area contributed by atoms with Gasteiger partial charge in [-0.25, -0.2) is 0 Å². The zero-order valence-electron chi connectivity index (χ0n) is 12.7. The normalized spacial score (nSPS) is 14.2. The minimum atomic E-state index is -0.186. The Kier molecular flexibility index (Phi) is 6.32. The van der Waals surface area contributed by atoms with E-state index in [-0.39, 0.29) is 12.1 Å². The number of nitrogens with zero attached hydrogens (tertiary/aromatic N) is 1. The minimum Gasteiger partial charge on any atom is -0.394 e. The lowest BCUT2D eigenvalue weighted by molar-refractivity contribution is 0.168. The highest BCUT2D eigenvalue weighted by Crippen LogP contribution is 2.16. The summed E-state index contributed by atoms with van der Waals surface area (Å²) in [6.45, 7) is 8.38. The molecule has 1 aromatic rings. The van der Waals surface area contributed by atoms with Gasteiger partial charge in [-0.3, -0.25) is 0 Å². The van der Waals surface area contributed by atoms with Crippen LogP contribution < -0.4 is 10.2 Å². The smallest absolute Gasteiger partial charge is 0.0611 e. The molecule has 1 unspecified atom stereocenters. The molecule has 3 heteroatoms. The van der Waals surface area contributed by atoms with Crippen molar-refractivity contribution in [2.24, 2.45) is 0 Å². The first-order valence-corrected chi connectivity index (χ1v) is 7.14. The third kappa shape index (κ3) is 5.21.